The predicted molar refractivity (Wildman–Crippen MR) is 69.5 cm³/mol. The fraction of sp³-hybridized carbons (Fsp3) is 0.462. The van der Waals surface area contributed by atoms with Crippen LogP contribution in [0.1, 0.15) is 37.0 Å². The molecule has 0 spiro atoms. The van der Waals surface area contributed by atoms with Gasteiger partial charge in [0.05, 0.1) is 16.1 Å². The van der Waals surface area contributed by atoms with Crippen LogP contribution in [0.15, 0.2) is 18.2 Å². The van der Waals surface area contributed by atoms with E-state index in [2.05, 4.69) is 0 Å². The van der Waals surface area contributed by atoms with Gasteiger partial charge in [0.15, 0.2) is 6.29 Å². The number of non-ortho nitro benzene ring substituents is 1. The largest absolute Gasteiger partial charge is 0.490 e. The molecule has 19 heavy (non-hydrogen) atoms. The van der Waals surface area contributed by atoms with E-state index in [1.807, 2.05) is 13.8 Å². The normalized spacial score (nSPS) is 11.1. The van der Waals surface area contributed by atoms with Crippen LogP contribution < -0.4 is 4.74 Å². The number of benzene rings is 1. The van der Waals surface area contributed by atoms with E-state index < -0.39 is 10.5 Å². The lowest BCUT2D eigenvalue weighted by Gasteiger charge is -2.25. The topological polar surface area (TPSA) is 89.7 Å². The second-order valence-electron chi connectivity index (χ2n) is 4.32. The van der Waals surface area contributed by atoms with Gasteiger partial charge in [-0.1, -0.05) is 13.8 Å². The van der Waals surface area contributed by atoms with Gasteiger partial charge in [0, 0.05) is 12.1 Å². The monoisotopic (exact) mass is 267 g/mol. The molecule has 6 nitrogen and oxygen atoms in total. The molecule has 0 amide bonds. The molecule has 0 aliphatic rings. The predicted octanol–water partition coefficient (Wildman–Crippen LogP) is 2.34. The number of carbonyl (C=O) groups is 1. The van der Waals surface area contributed by atoms with Gasteiger partial charge in [0.1, 0.15) is 12.4 Å². The standard InChI is InChI=1S/C13H17NO5/c1-3-13(16,4-2)9-19-12-6-5-11(14(17)18)7-10(12)8-15/h5-8,16H,3-4,9H2,1-2H3. The molecule has 0 atom stereocenters. The maximum atomic E-state index is 10.9. The van der Waals surface area contributed by atoms with Crippen molar-refractivity contribution in [1.29, 1.82) is 0 Å². The summed E-state index contributed by atoms with van der Waals surface area (Å²) in [5, 5.41) is 20.7. The molecule has 0 bridgehead atoms. The van der Waals surface area contributed by atoms with Crippen LogP contribution in [0.4, 0.5) is 5.69 Å². The van der Waals surface area contributed by atoms with Crippen LogP contribution in [0.2, 0.25) is 0 Å². The van der Waals surface area contributed by atoms with Crippen molar-refractivity contribution in [3.8, 4) is 5.75 Å². The van der Waals surface area contributed by atoms with Crippen molar-refractivity contribution in [2.75, 3.05) is 6.61 Å². The minimum atomic E-state index is -0.956. The molecule has 0 aliphatic carbocycles. The highest BCUT2D eigenvalue weighted by Crippen LogP contribution is 2.24. The lowest BCUT2D eigenvalue weighted by atomic mass is 9.99. The van der Waals surface area contributed by atoms with Gasteiger partial charge in [-0.3, -0.25) is 14.9 Å². The first-order chi connectivity index (χ1) is 8.95. The summed E-state index contributed by atoms with van der Waals surface area (Å²) in [5.41, 5.74) is -1.03. The number of ether oxygens (including phenoxy) is 1. The summed E-state index contributed by atoms with van der Waals surface area (Å²) in [7, 11) is 0. The first-order valence-electron chi connectivity index (χ1n) is 6.04. The maximum Gasteiger partial charge on any atom is 0.270 e. The second kappa shape index (κ2) is 6.29. The van der Waals surface area contributed by atoms with Crippen LogP contribution >= 0.6 is 0 Å². The zero-order chi connectivity index (χ0) is 14.5. The third-order valence-electron chi connectivity index (χ3n) is 3.14. The zero-order valence-electron chi connectivity index (χ0n) is 11.0. The van der Waals surface area contributed by atoms with Gasteiger partial charge in [-0.05, 0) is 18.9 Å². The van der Waals surface area contributed by atoms with Gasteiger partial charge in [0.2, 0.25) is 0 Å². The van der Waals surface area contributed by atoms with E-state index in [0.29, 0.717) is 19.1 Å². The summed E-state index contributed by atoms with van der Waals surface area (Å²) >= 11 is 0. The molecule has 1 rings (SSSR count). The molecule has 0 aromatic heterocycles. The summed E-state index contributed by atoms with van der Waals surface area (Å²) in [6, 6.07) is 3.78. The zero-order valence-corrected chi connectivity index (χ0v) is 11.0. The van der Waals surface area contributed by atoms with Gasteiger partial charge >= 0.3 is 0 Å². The average molecular weight is 267 g/mol. The summed E-state index contributed by atoms with van der Waals surface area (Å²) in [4.78, 5) is 20.9. The van der Waals surface area contributed by atoms with Crippen molar-refractivity contribution < 1.29 is 19.6 Å². The second-order valence-corrected chi connectivity index (χ2v) is 4.32. The lowest BCUT2D eigenvalue weighted by Crippen LogP contribution is -2.34. The number of aldehydes is 1. The number of hydrogen-bond donors (Lipinski definition) is 1. The average Bonchev–Trinajstić information content (AvgIpc) is 2.44. The summed E-state index contributed by atoms with van der Waals surface area (Å²) in [5.74, 6) is 0.237. The molecule has 0 saturated heterocycles. The number of nitro groups is 1. The molecule has 0 fully saturated rings. The molecule has 1 aromatic carbocycles. The Morgan fingerprint density at radius 1 is 1.42 bits per heavy atom. The SMILES string of the molecule is CCC(O)(CC)COc1ccc([N+](=O)[O-])cc1C=O. The quantitative estimate of drug-likeness (QED) is 0.465. The Morgan fingerprint density at radius 2 is 2.05 bits per heavy atom. The van der Waals surface area contributed by atoms with Crippen LogP contribution in [0, 0.1) is 10.1 Å². The minimum absolute atomic E-state index is 0.0403. The van der Waals surface area contributed by atoms with Crippen molar-refractivity contribution in [2.45, 2.75) is 32.3 Å². The molecular formula is C13H17NO5. The Hall–Kier alpha value is -1.95. The molecular weight excluding hydrogens is 250 g/mol. The van der Waals surface area contributed by atoms with Crippen molar-refractivity contribution >= 4 is 12.0 Å². The highest BCUT2D eigenvalue weighted by Gasteiger charge is 2.24. The molecule has 0 aliphatic heterocycles. The Balaban J connectivity index is 2.90. The molecule has 1 N–H and O–H groups in total. The van der Waals surface area contributed by atoms with E-state index in [0.717, 1.165) is 6.07 Å². The minimum Gasteiger partial charge on any atom is -0.490 e. The summed E-state index contributed by atoms with van der Waals surface area (Å²) in [6.07, 6.45) is 1.54. The highest BCUT2D eigenvalue weighted by atomic mass is 16.6. The lowest BCUT2D eigenvalue weighted by molar-refractivity contribution is -0.384. The molecule has 1 aromatic rings. The van der Waals surface area contributed by atoms with Crippen LogP contribution in [0.5, 0.6) is 5.75 Å². The van der Waals surface area contributed by atoms with Gasteiger partial charge in [-0.25, -0.2) is 0 Å². The van der Waals surface area contributed by atoms with Crippen LogP contribution in [0.3, 0.4) is 0 Å². The van der Waals surface area contributed by atoms with Crippen molar-refractivity contribution in [3.05, 3.63) is 33.9 Å². The number of aliphatic hydroxyl groups is 1. The smallest absolute Gasteiger partial charge is 0.270 e. The molecule has 0 heterocycles. The van der Waals surface area contributed by atoms with E-state index in [1.54, 1.807) is 0 Å². The Morgan fingerprint density at radius 3 is 2.53 bits per heavy atom. The first kappa shape index (κ1) is 15.1. The molecule has 104 valence electrons. The van der Waals surface area contributed by atoms with Crippen LogP contribution in [0.25, 0.3) is 0 Å². The fourth-order valence-electron chi connectivity index (χ4n) is 1.54. The van der Waals surface area contributed by atoms with Crippen molar-refractivity contribution in [3.63, 3.8) is 0 Å². The maximum absolute atomic E-state index is 10.9. The van der Waals surface area contributed by atoms with E-state index in [-0.39, 0.29) is 23.6 Å². The van der Waals surface area contributed by atoms with Gasteiger partial charge in [-0.2, -0.15) is 0 Å². The highest BCUT2D eigenvalue weighted by molar-refractivity contribution is 5.80. The van der Waals surface area contributed by atoms with E-state index in [4.69, 9.17) is 4.74 Å². The number of carbonyl (C=O) groups excluding carboxylic acids is 1. The van der Waals surface area contributed by atoms with Crippen LogP contribution in [-0.2, 0) is 0 Å². The number of nitro benzene ring substituents is 1. The number of rotatable bonds is 7. The van der Waals surface area contributed by atoms with E-state index >= 15 is 0 Å². The van der Waals surface area contributed by atoms with E-state index in [1.165, 1.54) is 12.1 Å². The fourth-order valence-corrected chi connectivity index (χ4v) is 1.54. The summed E-state index contributed by atoms with van der Waals surface area (Å²) < 4.78 is 5.41. The van der Waals surface area contributed by atoms with Crippen LogP contribution in [-0.4, -0.2) is 28.5 Å². The molecule has 0 radical (unpaired) electrons. The Kier molecular flexibility index (Phi) is 5.00. The molecule has 6 heteroatoms. The van der Waals surface area contributed by atoms with Gasteiger partial charge in [-0.15, -0.1) is 0 Å². The number of hydrogen-bond acceptors (Lipinski definition) is 5. The summed E-state index contributed by atoms with van der Waals surface area (Å²) in [6.45, 7) is 3.71. The third kappa shape index (κ3) is 3.75. The van der Waals surface area contributed by atoms with Crippen molar-refractivity contribution in [2.24, 2.45) is 0 Å². The Labute approximate surface area is 111 Å². The number of nitrogens with zero attached hydrogens (tertiary/aromatic N) is 1. The molecule has 0 unspecified atom stereocenters. The van der Waals surface area contributed by atoms with Gasteiger partial charge < -0.3 is 9.84 Å². The van der Waals surface area contributed by atoms with E-state index in [9.17, 15) is 20.0 Å². The van der Waals surface area contributed by atoms with Crippen molar-refractivity contribution in [1.82, 2.24) is 0 Å². The third-order valence-corrected chi connectivity index (χ3v) is 3.14. The first-order valence-corrected chi connectivity index (χ1v) is 6.04. The molecule has 0 saturated carbocycles. The van der Waals surface area contributed by atoms with Gasteiger partial charge in [0.25, 0.3) is 5.69 Å². The Bertz CT molecular complexity index is 468.